The minimum atomic E-state index is 0.835. The van der Waals surface area contributed by atoms with Crippen molar-refractivity contribution < 1.29 is 4.74 Å². The lowest BCUT2D eigenvalue weighted by atomic mass is 10.5. The lowest BCUT2D eigenvalue weighted by Gasteiger charge is -1.97. The molecule has 0 saturated carbocycles. The highest BCUT2D eigenvalue weighted by molar-refractivity contribution is 14.1. The molecule has 0 heterocycles. The second kappa shape index (κ2) is 7.65. The third-order valence-electron chi connectivity index (χ3n) is 0.764. The molecular weight excluding hydrogens is 217 g/mol. The van der Waals surface area contributed by atoms with Crippen LogP contribution in [0.1, 0.15) is 13.3 Å². The van der Waals surface area contributed by atoms with Gasteiger partial charge in [-0.15, -0.1) is 0 Å². The van der Waals surface area contributed by atoms with Crippen molar-refractivity contribution in [1.82, 2.24) is 3.53 Å². The Kier molecular flexibility index (Phi) is 8.27. The Labute approximate surface area is 64.5 Å². The molecule has 0 fully saturated rings. The highest BCUT2D eigenvalue weighted by Gasteiger charge is 1.82. The van der Waals surface area contributed by atoms with E-state index in [1.807, 2.05) is 6.92 Å². The maximum absolute atomic E-state index is 5.09. The van der Waals surface area contributed by atoms with Crippen LogP contribution in [0.15, 0.2) is 0 Å². The maximum Gasteiger partial charge on any atom is 0.0478 e. The highest BCUT2D eigenvalue weighted by atomic mass is 127. The van der Waals surface area contributed by atoms with E-state index in [9.17, 15) is 0 Å². The molecular formula is C5H12INO. The molecule has 2 nitrogen and oxygen atoms in total. The Morgan fingerprint density at radius 1 is 1.62 bits per heavy atom. The predicted molar refractivity (Wildman–Crippen MR) is 43.1 cm³/mol. The maximum atomic E-state index is 5.09. The average Bonchev–Trinajstić information content (AvgIpc) is 1.81. The molecule has 0 aliphatic rings. The van der Waals surface area contributed by atoms with Crippen LogP contribution in [0.2, 0.25) is 0 Å². The Morgan fingerprint density at radius 3 is 2.88 bits per heavy atom. The summed E-state index contributed by atoms with van der Waals surface area (Å²) < 4.78 is 8.11. The minimum absolute atomic E-state index is 0.835. The zero-order chi connectivity index (χ0) is 6.24. The molecule has 50 valence electrons. The second-order valence-corrected chi connectivity index (χ2v) is 2.20. The van der Waals surface area contributed by atoms with Gasteiger partial charge in [-0.1, -0.05) is 0 Å². The predicted octanol–water partition coefficient (Wildman–Crippen LogP) is 1.35. The van der Waals surface area contributed by atoms with Crippen LogP contribution in [0.4, 0.5) is 0 Å². The molecule has 0 spiro atoms. The molecule has 0 aromatic rings. The normalized spacial score (nSPS) is 9.75. The van der Waals surface area contributed by atoms with Crippen molar-refractivity contribution in [3.63, 3.8) is 0 Å². The van der Waals surface area contributed by atoms with Crippen LogP contribution >= 0.6 is 22.9 Å². The summed E-state index contributed by atoms with van der Waals surface area (Å²) in [6.07, 6.45) is 1.11. The van der Waals surface area contributed by atoms with Gasteiger partial charge in [-0.05, 0) is 13.3 Å². The third kappa shape index (κ3) is 6.65. The first-order valence-corrected chi connectivity index (χ1v) is 3.91. The molecule has 0 aromatic heterocycles. The molecule has 0 rings (SSSR count). The lowest BCUT2D eigenvalue weighted by Crippen LogP contribution is -2.04. The van der Waals surface area contributed by atoms with E-state index >= 15 is 0 Å². The molecule has 0 bridgehead atoms. The Balaban J connectivity index is 2.53. The van der Waals surface area contributed by atoms with E-state index in [-0.39, 0.29) is 0 Å². The number of ether oxygens (including phenoxy) is 1. The zero-order valence-electron chi connectivity index (χ0n) is 5.11. The fourth-order valence-electron chi connectivity index (χ4n) is 0.385. The molecule has 3 heteroatoms. The van der Waals surface area contributed by atoms with Gasteiger partial charge in [0, 0.05) is 42.6 Å². The Morgan fingerprint density at radius 2 is 2.38 bits per heavy atom. The van der Waals surface area contributed by atoms with Crippen molar-refractivity contribution in [2.24, 2.45) is 0 Å². The van der Waals surface area contributed by atoms with Crippen molar-refractivity contribution >= 4 is 22.9 Å². The summed E-state index contributed by atoms with van der Waals surface area (Å²) in [4.78, 5) is 0. The summed E-state index contributed by atoms with van der Waals surface area (Å²) in [5.41, 5.74) is 0. The number of hydrogen-bond donors (Lipinski definition) is 1. The van der Waals surface area contributed by atoms with Crippen molar-refractivity contribution in [2.75, 3.05) is 19.8 Å². The van der Waals surface area contributed by atoms with Crippen LogP contribution < -0.4 is 3.53 Å². The molecule has 0 aromatic carbocycles. The van der Waals surface area contributed by atoms with E-state index in [0.29, 0.717) is 0 Å². The van der Waals surface area contributed by atoms with Gasteiger partial charge >= 0.3 is 0 Å². The summed E-state index contributed by atoms with van der Waals surface area (Å²) in [6, 6.07) is 0. The fraction of sp³-hybridized carbons (Fsp3) is 1.00. The minimum Gasteiger partial charge on any atom is -0.382 e. The number of hydrogen-bond acceptors (Lipinski definition) is 2. The summed E-state index contributed by atoms with van der Waals surface area (Å²) in [7, 11) is 0. The average molecular weight is 229 g/mol. The summed E-state index contributed by atoms with van der Waals surface area (Å²) in [5.74, 6) is 0. The van der Waals surface area contributed by atoms with Gasteiger partial charge in [-0.3, -0.25) is 3.53 Å². The highest BCUT2D eigenvalue weighted by Crippen LogP contribution is 1.80. The van der Waals surface area contributed by atoms with Crippen molar-refractivity contribution in [3.05, 3.63) is 0 Å². The van der Waals surface area contributed by atoms with Crippen molar-refractivity contribution in [1.29, 1.82) is 0 Å². The first-order chi connectivity index (χ1) is 3.91. The quantitative estimate of drug-likeness (QED) is 0.436. The van der Waals surface area contributed by atoms with E-state index in [1.54, 1.807) is 0 Å². The first-order valence-electron chi connectivity index (χ1n) is 2.83. The largest absolute Gasteiger partial charge is 0.382 e. The van der Waals surface area contributed by atoms with Gasteiger partial charge in [0.15, 0.2) is 0 Å². The van der Waals surface area contributed by atoms with E-state index in [4.69, 9.17) is 4.74 Å². The van der Waals surface area contributed by atoms with Crippen LogP contribution in [0, 0.1) is 0 Å². The lowest BCUT2D eigenvalue weighted by molar-refractivity contribution is 0.146. The molecule has 0 aliphatic carbocycles. The van der Waals surface area contributed by atoms with Crippen LogP contribution in [0.3, 0.4) is 0 Å². The molecule has 0 radical (unpaired) electrons. The van der Waals surface area contributed by atoms with E-state index in [2.05, 4.69) is 26.4 Å². The zero-order valence-corrected chi connectivity index (χ0v) is 7.27. The van der Waals surface area contributed by atoms with Crippen LogP contribution in [0.5, 0.6) is 0 Å². The van der Waals surface area contributed by atoms with E-state index in [0.717, 1.165) is 26.2 Å². The SMILES string of the molecule is CCOCCCNI. The molecule has 0 saturated heterocycles. The van der Waals surface area contributed by atoms with Gasteiger partial charge in [-0.2, -0.15) is 0 Å². The summed E-state index contributed by atoms with van der Waals surface area (Å²) in [5, 5.41) is 0. The summed E-state index contributed by atoms with van der Waals surface area (Å²) in [6.45, 7) is 4.77. The van der Waals surface area contributed by atoms with Gasteiger partial charge in [0.05, 0.1) is 0 Å². The van der Waals surface area contributed by atoms with Crippen LogP contribution in [-0.4, -0.2) is 19.8 Å². The third-order valence-corrected chi connectivity index (χ3v) is 1.30. The first kappa shape index (κ1) is 8.65. The molecule has 1 N–H and O–H groups in total. The summed E-state index contributed by atoms with van der Waals surface area (Å²) >= 11 is 2.13. The van der Waals surface area contributed by atoms with Crippen LogP contribution in [-0.2, 0) is 4.74 Å². The Bertz CT molecular complexity index is 37.4. The molecule has 0 atom stereocenters. The van der Waals surface area contributed by atoms with Crippen molar-refractivity contribution in [2.45, 2.75) is 13.3 Å². The standard InChI is InChI=1S/C5H12INO/c1-2-8-5-3-4-7-6/h7H,2-5H2,1H3. The molecule has 8 heavy (non-hydrogen) atoms. The number of halogens is 1. The second-order valence-electron chi connectivity index (χ2n) is 1.43. The smallest absolute Gasteiger partial charge is 0.0478 e. The van der Waals surface area contributed by atoms with Gasteiger partial charge in [-0.25, -0.2) is 0 Å². The van der Waals surface area contributed by atoms with Gasteiger partial charge in [0.2, 0.25) is 0 Å². The van der Waals surface area contributed by atoms with Gasteiger partial charge in [0.25, 0.3) is 0 Å². The molecule has 0 aliphatic heterocycles. The molecule has 0 unspecified atom stereocenters. The van der Waals surface area contributed by atoms with E-state index < -0.39 is 0 Å². The monoisotopic (exact) mass is 229 g/mol. The van der Waals surface area contributed by atoms with E-state index in [1.165, 1.54) is 0 Å². The number of nitrogens with one attached hydrogen (secondary N) is 1. The van der Waals surface area contributed by atoms with Gasteiger partial charge in [0.1, 0.15) is 0 Å². The van der Waals surface area contributed by atoms with Gasteiger partial charge < -0.3 is 4.74 Å². The topological polar surface area (TPSA) is 21.3 Å². The Hall–Kier alpha value is 0.650. The fourth-order valence-corrected chi connectivity index (χ4v) is 0.767. The van der Waals surface area contributed by atoms with Crippen LogP contribution in [0.25, 0.3) is 0 Å². The molecule has 0 amide bonds. The van der Waals surface area contributed by atoms with Crippen molar-refractivity contribution in [3.8, 4) is 0 Å². The number of rotatable bonds is 5.